The van der Waals surface area contributed by atoms with Crippen molar-refractivity contribution in [2.45, 2.75) is 11.8 Å². The fraction of sp³-hybridized carbons (Fsp3) is 0.182. The minimum atomic E-state index is 0.516. The first-order chi connectivity index (χ1) is 10.9. The van der Waals surface area contributed by atoms with Crippen molar-refractivity contribution in [1.82, 2.24) is 0 Å². The van der Waals surface area contributed by atoms with Crippen LogP contribution in [0.25, 0.3) is 10.8 Å². The molecule has 2 aromatic carbocycles. The number of rotatable bonds is 0. The molecule has 3 aliphatic carbocycles. The van der Waals surface area contributed by atoms with E-state index in [-0.39, 0.29) is 0 Å². The average molecular weight is 282 g/mol. The summed E-state index contributed by atoms with van der Waals surface area (Å²) >= 11 is 0. The Morgan fingerprint density at radius 1 is 0.545 bits per heavy atom. The lowest BCUT2D eigenvalue weighted by Crippen LogP contribution is -2.31. The Kier molecular flexibility index (Phi) is 2.54. The first-order valence-corrected chi connectivity index (χ1v) is 8.14. The number of benzene rings is 2. The minimum Gasteiger partial charge on any atom is -0.0799 e. The predicted molar refractivity (Wildman–Crippen MR) is 93.0 cm³/mol. The van der Waals surface area contributed by atoms with Crippen LogP contribution in [0.1, 0.15) is 23.0 Å². The minimum absolute atomic E-state index is 0.516. The molecule has 0 fully saturated rings. The maximum Gasteiger partial charge on any atom is 0.00931 e. The summed E-state index contributed by atoms with van der Waals surface area (Å²) in [6.07, 6.45) is 18.5. The normalized spacial score (nSPS) is 30.9. The summed E-state index contributed by atoms with van der Waals surface area (Å²) in [5.41, 5.74) is 3.04. The van der Waals surface area contributed by atoms with Crippen molar-refractivity contribution in [3.63, 3.8) is 0 Å². The van der Waals surface area contributed by atoms with Gasteiger partial charge in [0, 0.05) is 11.8 Å². The lowest BCUT2D eigenvalue weighted by Gasteiger charge is -2.42. The van der Waals surface area contributed by atoms with Crippen LogP contribution in [0.2, 0.25) is 0 Å². The predicted octanol–water partition coefficient (Wildman–Crippen LogP) is 5.51. The second-order valence-corrected chi connectivity index (χ2v) is 6.57. The molecule has 0 nitrogen and oxygen atoms in total. The summed E-state index contributed by atoms with van der Waals surface area (Å²) in [6.45, 7) is 0. The van der Waals surface area contributed by atoms with Gasteiger partial charge < -0.3 is 0 Å². The fourth-order valence-corrected chi connectivity index (χ4v) is 4.46. The van der Waals surface area contributed by atoms with Crippen molar-refractivity contribution in [3.8, 4) is 0 Å². The Bertz CT molecular complexity index is 790. The SMILES string of the molecule is C1=CC2c3cc4ccccc4cc3C3C=CC=CC3C2C=C1. The summed E-state index contributed by atoms with van der Waals surface area (Å²) in [4.78, 5) is 0. The smallest absolute Gasteiger partial charge is 0.00931 e. The molecule has 4 atom stereocenters. The Morgan fingerprint density at radius 2 is 1.00 bits per heavy atom. The maximum absolute atomic E-state index is 2.42. The highest BCUT2D eigenvalue weighted by Crippen LogP contribution is 2.51. The molecule has 0 bridgehead atoms. The largest absolute Gasteiger partial charge is 0.0799 e. The number of fused-ring (bicyclic) bond motifs is 7. The molecule has 5 rings (SSSR count). The zero-order valence-electron chi connectivity index (χ0n) is 12.4. The van der Waals surface area contributed by atoms with Crippen LogP contribution in [0, 0.1) is 11.8 Å². The monoisotopic (exact) mass is 282 g/mol. The van der Waals surface area contributed by atoms with Crippen LogP contribution < -0.4 is 0 Å². The van der Waals surface area contributed by atoms with Crippen LogP contribution in [0.3, 0.4) is 0 Å². The van der Waals surface area contributed by atoms with Gasteiger partial charge in [0.15, 0.2) is 0 Å². The van der Waals surface area contributed by atoms with E-state index in [0.29, 0.717) is 23.7 Å². The Morgan fingerprint density at radius 3 is 1.50 bits per heavy atom. The van der Waals surface area contributed by atoms with E-state index in [1.165, 1.54) is 21.9 Å². The lowest BCUT2D eigenvalue weighted by molar-refractivity contribution is 0.371. The maximum atomic E-state index is 2.42. The molecule has 3 aliphatic rings. The van der Waals surface area contributed by atoms with Gasteiger partial charge in [0.2, 0.25) is 0 Å². The molecule has 106 valence electrons. The number of allylic oxidation sites excluding steroid dienone is 8. The molecule has 0 amide bonds. The van der Waals surface area contributed by atoms with Gasteiger partial charge in [-0.05, 0) is 33.7 Å². The van der Waals surface area contributed by atoms with E-state index in [1.807, 2.05) is 0 Å². The lowest BCUT2D eigenvalue weighted by atomic mass is 9.61. The first kappa shape index (κ1) is 12.2. The van der Waals surface area contributed by atoms with Crippen molar-refractivity contribution in [2.75, 3.05) is 0 Å². The Labute approximate surface area is 131 Å². The third-order valence-corrected chi connectivity index (χ3v) is 5.47. The van der Waals surface area contributed by atoms with Crippen LogP contribution in [0.15, 0.2) is 85.0 Å². The molecule has 2 aromatic rings. The van der Waals surface area contributed by atoms with Crippen molar-refractivity contribution in [3.05, 3.63) is 96.1 Å². The molecule has 22 heavy (non-hydrogen) atoms. The van der Waals surface area contributed by atoms with Crippen molar-refractivity contribution >= 4 is 10.8 Å². The van der Waals surface area contributed by atoms with E-state index in [9.17, 15) is 0 Å². The molecule has 0 saturated heterocycles. The van der Waals surface area contributed by atoms with Crippen LogP contribution in [-0.4, -0.2) is 0 Å². The van der Waals surface area contributed by atoms with E-state index >= 15 is 0 Å². The quantitative estimate of drug-likeness (QED) is 0.598. The van der Waals surface area contributed by atoms with Crippen LogP contribution in [0.4, 0.5) is 0 Å². The van der Waals surface area contributed by atoms with Gasteiger partial charge in [0.25, 0.3) is 0 Å². The highest BCUT2D eigenvalue weighted by Gasteiger charge is 2.39. The standard InChI is InChI=1S/C22H18/c1-2-8-16-14-22-20-12-6-4-10-18(20)17-9-3-5-11-19(17)21(22)13-15(16)7-1/h1-14,17-20H. The zero-order valence-corrected chi connectivity index (χ0v) is 12.4. The van der Waals surface area contributed by atoms with Crippen LogP contribution in [0.5, 0.6) is 0 Å². The number of hydrogen-bond acceptors (Lipinski definition) is 0. The molecule has 0 radical (unpaired) electrons. The molecule has 4 unspecified atom stereocenters. The summed E-state index contributed by atoms with van der Waals surface area (Å²) in [7, 11) is 0. The van der Waals surface area contributed by atoms with Crippen molar-refractivity contribution in [1.29, 1.82) is 0 Å². The molecular formula is C22H18. The summed E-state index contributed by atoms with van der Waals surface area (Å²) < 4.78 is 0. The van der Waals surface area contributed by atoms with Gasteiger partial charge in [-0.2, -0.15) is 0 Å². The first-order valence-electron chi connectivity index (χ1n) is 8.14. The van der Waals surface area contributed by atoms with E-state index < -0.39 is 0 Å². The molecule has 0 spiro atoms. The molecule has 0 heteroatoms. The van der Waals surface area contributed by atoms with Gasteiger partial charge in [0.05, 0.1) is 0 Å². The highest BCUT2D eigenvalue weighted by atomic mass is 14.4. The Balaban J connectivity index is 1.80. The second kappa shape index (κ2) is 4.58. The summed E-state index contributed by atoms with van der Waals surface area (Å²) in [6, 6.07) is 13.6. The van der Waals surface area contributed by atoms with Gasteiger partial charge in [0.1, 0.15) is 0 Å². The average Bonchev–Trinajstić information content (AvgIpc) is 2.61. The molecular weight excluding hydrogens is 264 g/mol. The van der Waals surface area contributed by atoms with E-state index in [0.717, 1.165) is 0 Å². The Hall–Kier alpha value is -2.34. The van der Waals surface area contributed by atoms with Crippen LogP contribution >= 0.6 is 0 Å². The summed E-state index contributed by atoms with van der Waals surface area (Å²) in [5, 5.41) is 2.72. The van der Waals surface area contributed by atoms with E-state index in [1.54, 1.807) is 0 Å². The molecule has 0 N–H and O–H groups in total. The van der Waals surface area contributed by atoms with Gasteiger partial charge >= 0.3 is 0 Å². The second-order valence-electron chi connectivity index (χ2n) is 6.57. The molecule has 0 aromatic heterocycles. The summed E-state index contributed by atoms with van der Waals surface area (Å²) in [5.74, 6) is 2.21. The van der Waals surface area contributed by atoms with Gasteiger partial charge in [-0.15, -0.1) is 0 Å². The van der Waals surface area contributed by atoms with E-state index in [4.69, 9.17) is 0 Å². The van der Waals surface area contributed by atoms with Crippen molar-refractivity contribution in [2.24, 2.45) is 11.8 Å². The third kappa shape index (κ3) is 1.64. The fourth-order valence-electron chi connectivity index (χ4n) is 4.46. The van der Waals surface area contributed by atoms with Crippen LogP contribution in [-0.2, 0) is 0 Å². The number of hydrogen-bond donors (Lipinski definition) is 0. The third-order valence-electron chi connectivity index (χ3n) is 5.47. The van der Waals surface area contributed by atoms with Crippen molar-refractivity contribution < 1.29 is 0 Å². The topological polar surface area (TPSA) is 0 Å². The molecule has 0 aliphatic heterocycles. The zero-order chi connectivity index (χ0) is 14.5. The van der Waals surface area contributed by atoms with Gasteiger partial charge in [-0.1, -0.05) is 85.0 Å². The molecule has 0 saturated carbocycles. The van der Waals surface area contributed by atoms with E-state index in [2.05, 4.69) is 85.0 Å². The van der Waals surface area contributed by atoms with Gasteiger partial charge in [-0.25, -0.2) is 0 Å². The highest BCUT2D eigenvalue weighted by molar-refractivity contribution is 5.85. The van der Waals surface area contributed by atoms with Gasteiger partial charge in [-0.3, -0.25) is 0 Å². The molecule has 0 heterocycles.